The summed E-state index contributed by atoms with van der Waals surface area (Å²) in [5, 5.41) is 0. The number of halogens is 2. The Morgan fingerprint density at radius 1 is 0.500 bits per heavy atom. The maximum absolute atomic E-state index is 2.42. The van der Waals surface area contributed by atoms with Gasteiger partial charge < -0.3 is 56.9 Å². The first-order chi connectivity index (χ1) is 8.18. The monoisotopic (exact) mass is 506 g/mol. The summed E-state index contributed by atoms with van der Waals surface area (Å²) in [5.74, 6) is 4.09. The van der Waals surface area contributed by atoms with Crippen molar-refractivity contribution < 1.29 is 56.9 Å². The van der Waals surface area contributed by atoms with E-state index in [1.54, 1.807) is 0 Å². The topological polar surface area (TPSA) is 0 Å². The highest BCUT2D eigenvalue weighted by atomic mass is 127. The van der Waals surface area contributed by atoms with E-state index in [2.05, 4.69) is 42.3 Å². The lowest BCUT2D eigenvalue weighted by Crippen LogP contribution is -3.00. The van der Waals surface area contributed by atoms with E-state index in [1.807, 2.05) is 0 Å². The molecular formula is C16H32I2N2. The van der Waals surface area contributed by atoms with E-state index in [9.17, 15) is 0 Å². The molecule has 120 valence electrons. The van der Waals surface area contributed by atoms with Gasteiger partial charge in [0.15, 0.2) is 0 Å². The lowest BCUT2D eigenvalue weighted by atomic mass is 9.51. The second kappa shape index (κ2) is 6.11. The van der Waals surface area contributed by atoms with Gasteiger partial charge >= 0.3 is 0 Å². The first-order valence-electron chi connectivity index (χ1n) is 7.80. The van der Waals surface area contributed by atoms with Crippen LogP contribution in [0.5, 0.6) is 0 Å². The van der Waals surface area contributed by atoms with E-state index >= 15 is 0 Å². The van der Waals surface area contributed by atoms with Crippen LogP contribution in [0.15, 0.2) is 0 Å². The van der Waals surface area contributed by atoms with Crippen molar-refractivity contribution in [2.45, 2.75) is 37.8 Å². The zero-order chi connectivity index (χ0) is 13.3. The zero-order valence-electron chi connectivity index (χ0n) is 13.9. The summed E-state index contributed by atoms with van der Waals surface area (Å²) < 4.78 is 2.40. The highest BCUT2D eigenvalue weighted by Crippen LogP contribution is 2.57. The number of nitrogens with zero attached hydrogens (tertiary/aromatic N) is 2. The number of rotatable bonds is 2. The summed E-state index contributed by atoms with van der Waals surface area (Å²) in [6.07, 6.45) is 6.08. The van der Waals surface area contributed by atoms with Crippen LogP contribution in [-0.2, 0) is 0 Å². The zero-order valence-corrected chi connectivity index (χ0v) is 18.3. The minimum atomic E-state index is 0. The Hall–Kier alpha value is 1.38. The van der Waals surface area contributed by atoms with Crippen LogP contribution in [0.1, 0.15) is 25.7 Å². The van der Waals surface area contributed by atoms with Crippen LogP contribution in [0, 0.1) is 23.7 Å². The van der Waals surface area contributed by atoms with Crippen molar-refractivity contribution in [2.75, 3.05) is 42.3 Å². The van der Waals surface area contributed by atoms with Gasteiger partial charge in [-0.15, -0.1) is 0 Å². The maximum Gasteiger partial charge on any atom is 0.0941 e. The highest BCUT2D eigenvalue weighted by Gasteiger charge is 2.60. The van der Waals surface area contributed by atoms with Crippen molar-refractivity contribution in [1.29, 1.82) is 0 Å². The molecule has 0 aromatic heterocycles. The van der Waals surface area contributed by atoms with E-state index in [1.165, 1.54) is 34.6 Å². The van der Waals surface area contributed by atoms with E-state index < -0.39 is 0 Å². The lowest BCUT2D eigenvalue weighted by molar-refractivity contribution is -0.920. The predicted molar refractivity (Wildman–Crippen MR) is 76.1 cm³/mol. The fourth-order valence-electron chi connectivity index (χ4n) is 6.36. The summed E-state index contributed by atoms with van der Waals surface area (Å²) in [6.45, 7) is 0. The molecule has 0 unspecified atom stereocenters. The molecule has 20 heavy (non-hydrogen) atoms. The number of quaternary nitrogens is 2. The van der Waals surface area contributed by atoms with Gasteiger partial charge in [-0.1, -0.05) is 0 Å². The molecule has 4 fully saturated rings. The molecular weight excluding hydrogens is 474 g/mol. The van der Waals surface area contributed by atoms with Crippen molar-refractivity contribution >= 4 is 0 Å². The third-order valence-corrected chi connectivity index (χ3v) is 6.14. The minimum absolute atomic E-state index is 0. The first kappa shape index (κ1) is 19.4. The van der Waals surface area contributed by atoms with Crippen LogP contribution < -0.4 is 48.0 Å². The van der Waals surface area contributed by atoms with Gasteiger partial charge in [-0.25, -0.2) is 0 Å². The lowest BCUT2D eigenvalue weighted by Gasteiger charge is -2.61. The molecule has 0 saturated heterocycles. The third kappa shape index (κ3) is 3.18. The van der Waals surface area contributed by atoms with Gasteiger partial charge in [-0.2, -0.15) is 0 Å². The molecule has 0 spiro atoms. The minimum Gasteiger partial charge on any atom is -1.00 e. The van der Waals surface area contributed by atoms with Crippen molar-refractivity contribution in [1.82, 2.24) is 0 Å². The molecule has 0 amide bonds. The van der Waals surface area contributed by atoms with Crippen LogP contribution in [0.2, 0.25) is 0 Å². The molecule has 0 aromatic rings. The van der Waals surface area contributed by atoms with Crippen LogP contribution in [0.3, 0.4) is 0 Å². The summed E-state index contributed by atoms with van der Waals surface area (Å²) >= 11 is 0. The van der Waals surface area contributed by atoms with E-state index in [0.717, 1.165) is 35.8 Å². The smallest absolute Gasteiger partial charge is 0.0941 e. The van der Waals surface area contributed by atoms with Crippen LogP contribution >= 0.6 is 0 Å². The summed E-state index contributed by atoms with van der Waals surface area (Å²) in [7, 11) is 14.5. The summed E-state index contributed by atoms with van der Waals surface area (Å²) in [4.78, 5) is 0. The van der Waals surface area contributed by atoms with Gasteiger partial charge in [-0.3, -0.25) is 0 Å². The molecule has 4 bridgehead atoms. The second-order valence-electron chi connectivity index (χ2n) is 9.20. The van der Waals surface area contributed by atoms with Crippen molar-refractivity contribution in [3.05, 3.63) is 0 Å². The average molecular weight is 506 g/mol. The normalized spacial score (nSPS) is 42.9. The molecule has 0 aromatic carbocycles. The molecule has 0 heterocycles. The van der Waals surface area contributed by atoms with Gasteiger partial charge in [-0.05, 0) is 25.7 Å². The van der Waals surface area contributed by atoms with Gasteiger partial charge in [0.05, 0.1) is 54.4 Å². The standard InChI is InChI=1S/C16H32N2.2HI/c1-17(2,3)15-11-7-13-9-12(15)10-14(8-11)16(13)18(4,5)6;;/h11-16H,7-10H2,1-6H3;2*1H/q+2;;/p-2. The number of hydrogen-bond donors (Lipinski definition) is 0. The van der Waals surface area contributed by atoms with Gasteiger partial charge in [0, 0.05) is 23.7 Å². The largest absolute Gasteiger partial charge is 1.00 e. The molecule has 0 N–H and O–H groups in total. The Kier molecular flexibility index (Phi) is 5.94. The Labute approximate surface area is 159 Å². The molecule has 0 aliphatic heterocycles. The van der Waals surface area contributed by atoms with E-state index in [4.69, 9.17) is 0 Å². The molecule has 4 aliphatic carbocycles. The maximum atomic E-state index is 2.42. The second-order valence-corrected chi connectivity index (χ2v) is 9.20. The van der Waals surface area contributed by atoms with E-state index in [0.29, 0.717) is 0 Å². The SMILES string of the molecule is C[N+](C)(C)C1C2CC3CC1CC(C2)C3[N+](C)(C)C.[I-].[I-]. The summed E-state index contributed by atoms with van der Waals surface area (Å²) in [6, 6.07) is 1.90. The Morgan fingerprint density at radius 2 is 0.700 bits per heavy atom. The Bertz CT molecular complexity index is 283. The highest BCUT2D eigenvalue weighted by molar-refractivity contribution is 5.03. The Morgan fingerprint density at radius 3 is 0.850 bits per heavy atom. The fourth-order valence-corrected chi connectivity index (χ4v) is 6.36. The molecule has 4 aliphatic rings. The van der Waals surface area contributed by atoms with E-state index in [-0.39, 0.29) is 48.0 Å². The Balaban J connectivity index is 0.000001000. The molecule has 4 rings (SSSR count). The third-order valence-electron chi connectivity index (χ3n) is 6.14. The predicted octanol–water partition coefficient (Wildman–Crippen LogP) is -3.79. The van der Waals surface area contributed by atoms with Crippen LogP contribution in [0.25, 0.3) is 0 Å². The molecule has 2 nitrogen and oxygen atoms in total. The summed E-state index contributed by atoms with van der Waals surface area (Å²) in [5.41, 5.74) is 0. The molecule has 0 radical (unpaired) electrons. The molecule has 4 saturated carbocycles. The van der Waals surface area contributed by atoms with Crippen molar-refractivity contribution in [3.8, 4) is 0 Å². The number of hydrogen-bond acceptors (Lipinski definition) is 0. The van der Waals surface area contributed by atoms with Crippen LogP contribution in [0.4, 0.5) is 0 Å². The quantitative estimate of drug-likeness (QED) is 0.267. The van der Waals surface area contributed by atoms with Crippen molar-refractivity contribution in [3.63, 3.8) is 0 Å². The molecule has 4 heteroatoms. The van der Waals surface area contributed by atoms with Crippen LogP contribution in [-0.4, -0.2) is 63.3 Å². The van der Waals surface area contributed by atoms with Gasteiger partial charge in [0.25, 0.3) is 0 Å². The van der Waals surface area contributed by atoms with Gasteiger partial charge in [0.1, 0.15) is 0 Å². The van der Waals surface area contributed by atoms with Gasteiger partial charge in [0.2, 0.25) is 0 Å². The van der Waals surface area contributed by atoms with Crippen molar-refractivity contribution in [2.24, 2.45) is 23.7 Å². The first-order valence-corrected chi connectivity index (χ1v) is 7.80. The molecule has 0 atom stereocenters. The average Bonchev–Trinajstić information content (AvgIpc) is 2.10. The fraction of sp³-hybridized carbons (Fsp3) is 1.00.